The predicted molar refractivity (Wildman–Crippen MR) is 93.1 cm³/mol. The summed E-state index contributed by atoms with van der Waals surface area (Å²) in [7, 11) is 0. The van der Waals surface area contributed by atoms with Gasteiger partial charge in [-0.3, -0.25) is 9.59 Å². The smallest absolute Gasteiger partial charge is 0.319 e. The highest BCUT2D eigenvalue weighted by atomic mass is 35.5. The lowest BCUT2D eigenvalue weighted by atomic mass is 10.1. The Morgan fingerprint density at radius 2 is 1.74 bits per heavy atom. The molecule has 0 N–H and O–H groups in total. The maximum Gasteiger partial charge on any atom is 0.319 e. The van der Waals surface area contributed by atoms with Gasteiger partial charge in [0.2, 0.25) is 0 Å². The third-order valence-corrected chi connectivity index (χ3v) is 4.55. The van der Waals surface area contributed by atoms with Crippen molar-refractivity contribution in [1.29, 1.82) is 0 Å². The molecule has 0 aliphatic rings. The molecule has 120 valence electrons. The van der Waals surface area contributed by atoms with Crippen LogP contribution in [0.2, 0.25) is 5.02 Å². The Morgan fingerprint density at radius 3 is 2.35 bits per heavy atom. The van der Waals surface area contributed by atoms with Crippen LogP contribution >= 0.6 is 23.4 Å². The fraction of sp³-hybridized carbons (Fsp3) is 0.222. The van der Waals surface area contributed by atoms with E-state index in [1.807, 2.05) is 18.2 Å². The summed E-state index contributed by atoms with van der Waals surface area (Å²) in [5.74, 6) is -0.457. The first-order valence-electron chi connectivity index (χ1n) is 7.27. The van der Waals surface area contributed by atoms with Crippen molar-refractivity contribution in [3.8, 4) is 0 Å². The number of thioether (sulfide) groups is 1. The minimum atomic E-state index is -0.580. The fourth-order valence-corrected chi connectivity index (χ4v) is 3.14. The van der Waals surface area contributed by atoms with Crippen molar-refractivity contribution in [1.82, 2.24) is 0 Å². The van der Waals surface area contributed by atoms with E-state index in [2.05, 4.69) is 0 Å². The molecule has 0 aliphatic heterocycles. The summed E-state index contributed by atoms with van der Waals surface area (Å²) in [6.45, 7) is 2.04. The second kappa shape index (κ2) is 8.75. The van der Waals surface area contributed by atoms with E-state index in [-0.39, 0.29) is 24.8 Å². The molecule has 0 heterocycles. The number of rotatable bonds is 7. The Labute approximate surface area is 145 Å². The van der Waals surface area contributed by atoms with Crippen LogP contribution in [-0.4, -0.2) is 23.6 Å². The molecule has 2 rings (SSSR count). The van der Waals surface area contributed by atoms with Crippen LogP contribution in [0.25, 0.3) is 0 Å². The number of ether oxygens (including phenoxy) is 1. The van der Waals surface area contributed by atoms with Gasteiger partial charge in [-0.2, -0.15) is 0 Å². The highest BCUT2D eigenvalue weighted by Gasteiger charge is 2.25. The van der Waals surface area contributed by atoms with Gasteiger partial charge < -0.3 is 4.74 Å². The zero-order chi connectivity index (χ0) is 16.7. The van der Waals surface area contributed by atoms with Crippen molar-refractivity contribution in [2.45, 2.75) is 23.5 Å². The predicted octanol–water partition coefficient (Wildman–Crippen LogP) is 4.64. The van der Waals surface area contributed by atoms with E-state index >= 15 is 0 Å². The van der Waals surface area contributed by atoms with Crippen molar-refractivity contribution in [3.63, 3.8) is 0 Å². The minimum Gasteiger partial charge on any atom is -0.465 e. The van der Waals surface area contributed by atoms with Gasteiger partial charge in [-0.15, -0.1) is 11.8 Å². The third-order valence-electron chi connectivity index (χ3n) is 3.11. The molecule has 23 heavy (non-hydrogen) atoms. The average molecular weight is 349 g/mol. The second-order valence-corrected chi connectivity index (χ2v) is 6.52. The quantitative estimate of drug-likeness (QED) is 0.415. The number of esters is 1. The molecule has 0 saturated carbocycles. The largest absolute Gasteiger partial charge is 0.465 e. The molecule has 2 aromatic rings. The van der Waals surface area contributed by atoms with Crippen LogP contribution in [0.3, 0.4) is 0 Å². The van der Waals surface area contributed by atoms with E-state index in [4.69, 9.17) is 16.3 Å². The maximum absolute atomic E-state index is 12.4. The maximum atomic E-state index is 12.4. The van der Waals surface area contributed by atoms with Crippen LogP contribution in [0.1, 0.15) is 23.7 Å². The summed E-state index contributed by atoms with van der Waals surface area (Å²) >= 11 is 7.18. The number of hydrogen-bond donors (Lipinski definition) is 0. The van der Waals surface area contributed by atoms with E-state index in [0.29, 0.717) is 10.6 Å². The molecule has 0 spiro atoms. The van der Waals surface area contributed by atoms with Gasteiger partial charge in [0.05, 0.1) is 6.61 Å². The molecule has 0 bridgehead atoms. The van der Waals surface area contributed by atoms with Crippen molar-refractivity contribution >= 4 is 35.1 Å². The SMILES string of the molecule is CCOC(=O)C(CC(=O)c1ccccc1)Sc1ccc(Cl)cc1. The van der Waals surface area contributed by atoms with Gasteiger partial charge in [0, 0.05) is 21.9 Å². The molecule has 2 aromatic carbocycles. The lowest BCUT2D eigenvalue weighted by Crippen LogP contribution is -2.23. The van der Waals surface area contributed by atoms with Gasteiger partial charge in [-0.1, -0.05) is 41.9 Å². The van der Waals surface area contributed by atoms with Gasteiger partial charge in [-0.05, 0) is 31.2 Å². The molecule has 0 saturated heterocycles. The Hall–Kier alpha value is -1.78. The van der Waals surface area contributed by atoms with Gasteiger partial charge in [-0.25, -0.2) is 0 Å². The summed E-state index contributed by atoms with van der Waals surface area (Å²) in [5.41, 5.74) is 0.596. The molecule has 0 fully saturated rings. The van der Waals surface area contributed by atoms with Crippen LogP contribution in [-0.2, 0) is 9.53 Å². The van der Waals surface area contributed by atoms with Crippen LogP contribution in [0.15, 0.2) is 59.5 Å². The molecule has 0 radical (unpaired) electrons. The summed E-state index contributed by atoms with van der Waals surface area (Å²) in [4.78, 5) is 25.4. The zero-order valence-electron chi connectivity index (χ0n) is 12.7. The molecule has 1 unspecified atom stereocenters. The molecule has 1 atom stereocenters. The topological polar surface area (TPSA) is 43.4 Å². The summed E-state index contributed by atoms with van der Waals surface area (Å²) in [6.07, 6.45) is 0.0934. The fourth-order valence-electron chi connectivity index (χ4n) is 2.00. The number of ketones is 1. The molecule has 5 heteroatoms. The highest BCUT2D eigenvalue weighted by molar-refractivity contribution is 8.00. The van der Waals surface area contributed by atoms with Crippen molar-refractivity contribution in [2.75, 3.05) is 6.61 Å². The summed E-state index contributed by atoms with van der Waals surface area (Å²) < 4.78 is 5.10. The zero-order valence-corrected chi connectivity index (χ0v) is 14.3. The van der Waals surface area contributed by atoms with E-state index in [1.165, 1.54) is 11.8 Å². The van der Waals surface area contributed by atoms with Gasteiger partial charge in [0.15, 0.2) is 5.78 Å². The van der Waals surface area contributed by atoms with Crippen molar-refractivity contribution < 1.29 is 14.3 Å². The standard InChI is InChI=1S/C18H17ClO3S/c1-2-22-18(21)17(23-15-10-8-14(19)9-11-15)12-16(20)13-6-4-3-5-7-13/h3-11,17H,2,12H2,1H3. The van der Waals surface area contributed by atoms with Crippen molar-refractivity contribution in [3.05, 3.63) is 65.2 Å². The first-order valence-corrected chi connectivity index (χ1v) is 8.53. The number of benzene rings is 2. The lowest BCUT2D eigenvalue weighted by Gasteiger charge is -2.14. The number of halogens is 1. The number of Topliss-reactive ketones (excluding diaryl/α,β-unsaturated/α-hetero) is 1. The monoisotopic (exact) mass is 348 g/mol. The molecular weight excluding hydrogens is 332 g/mol. The summed E-state index contributed by atoms with van der Waals surface area (Å²) in [6, 6.07) is 16.1. The third kappa shape index (κ3) is 5.41. The molecule has 0 aromatic heterocycles. The Morgan fingerprint density at radius 1 is 1.09 bits per heavy atom. The minimum absolute atomic E-state index is 0.0786. The lowest BCUT2D eigenvalue weighted by molar-refractivity contribution is -0.142. The first kappa shape index (κ1) is 17.6. The van der Waals surface area contributed by atoms with Gasteiger partial charge in [0.1, 0.15) is 5.25 Å². The Kier molecular flexibility index (Phi) is 6.68. The number of hydrogen-bond acceptors (Lipinski definition) is 4. The molecule has 0 aliphatic carbocycles. The second-order valence-electron chi connectivity index (χ2n) is 4.81. The highest BCUT2D eigenvalue weighted by Crippen LogP contribution is 2.28. The van der Waals surface area contributed by atoms with Crippen molar-refractivity contribution in [2.24, 2.45) is 0 Å². The Balaban J connectivity index is 2.12. The van der Waals surface area contributed by atoms with E-state index in [9.17, 15) is 9.59 Å². The summed E-state index contributed by atoms with van der Waals surface area (Å²) in [5, 5.41) is 0.0474. The number of carbonyl (C=O) groups is 2. The van der Waals surface area contributed by atoms with Crippen LogP contribution in [0, 0.1) is 0 Å². The molecule has 3 nitrogen and oxygen atoms in total. The molecule has 0 amide bonds. The molecular formula is C18H17ClO3S. The van der Waals surface area contributed by atoms with Gasteiger partial charge >= 0.3 is 5.97 Å². The van der Waals surface area contributed by atoms with E-state index in [1.54, 1.807) is 43.3 Å². The number of carbonyl (C=O) groups excluding carboxylic acids is 2. The Bertz CT molecular complexity index is 656. The van der Waals surface area contributed by atoms with Gasteiger partial charge in [0.25, 0.3) is 0 Å². The van der Waals surface area contributed by atoms with Crippen LogP contribution in [0.4, 0.5) is 0 Å². The van der Waals surface area contributed by atoms with Crippen LogP contribution in [0.5, 0.6) is 0 Å². The first-order chi connectivity index (χ1) is 11.1. The van der Waals surface area contributed by atoms with E-state index in [0.717, 1.165) is 4.90 Å². The van der Waals surface area contributed by atoms with Crippen LogP contribution < -0.4 is 0 Å². The van der Waals surface area contributed by atoms with E-state index < -0.39 is 5.25 Å². The average Bonchev–Trinajstić information content (AvgIpc) is 2.57. The normalized spacial score (nSPS) is 11.7.